The van der Waals surface area contributed by atoms with Crippen LogP contribution in [0.4, 0.5) is 0 Å². The van der Waals surface area contributed by atoms with E-state index in [1.165, 1.54) is 0 Å². The van der Waals surface area contributed by atoms with Crippen LogP contribution in [0.5, 0.6) is 11.5 Å². The van der Waals surface area contributed by atoms with Crippen molar-refractivity contribution < 1.29 is 28.5 Å². The van der Waals surface area contributed by atoms with Gasteiger partial charge in [0, 0.05) is 12.4 Å². The first-order chi connectivity index (χ1) is 24.5. The molecule has 1 saturated heterocycles. The average molecular weight is 708 g/mol. The molecule has 1 aliphatic heterocycles. The lowest BCUT2D eigenvalue weighted by Crippen LogP contribution is -2.49. The molecule has 3 aromatic heterocycles. The molecule has 0 unspecified atom stereocenters. The van der Waals surface area contributed by atoms with Gasteiger partial charge in [-0.05, 0) is 59.1 Å². The first-order valence-electron chi connectivity index (χ1n) is 17.1. The van der Waals surface area contributed by atoms with E-state index in [9.17, 15) is 5.11 Å². The Morgan fingerprint density at radius 2 is 1.39 bits per heavy atom. The van der Waals surface area contributed by atoms with Crippen LogP contribution < -0.4 is 9.47 Å². The fourth-order valence-electron chi connectivity index (χ4n) is 6.54. The fourth-order valence-corrected chi connectivity index (χ4v) is 7.83. The van der Waals surface area contributed by atoms with Crippen molar-refractivity contribution in [3.63, 3.8) is 0 Å². The molecule has 0 spiro atoms. The summed E-state index contributed by atoms with van der Waals surface area (Å²) in [5.41, 5.74) is 3.49. The third kappa shape index (κ3) is 6.21. The minimum atomic E-state index is -2.41. The first kappa shape index (κ1) is 34.8. The van der Waals surface area contributed by atoms with Gasteiger partial charge in [-0.1, -0.05) is 75.4 Å². The molecule has 12 heteroatoms. The molecular weight excluding hydrogens is 663 g/mol. The van der Waals surface area contributed by atoms with Crippen LogP contribution in [0, 0.1) is 0 Å². The van der Waals surface area contributed by atoms with Crippen LogP contribution >= 0.6 is 0 Å². The van der Waals surface area contributed by atoms with E-state index in [0.29, 0.717) is 16.8 Å². The molecule has 51 heavy (non-hydrogen) atoms. The number of rotatable bonds is 11. The summed E-state index contributed by atoms with van der Waals surface area (Å²) in [6.07, 6.45) is 3.70. The van der Waals surface area contributed by atoms with Crippen LogP contribution in [-0.2, 0) is 19.5 Å². The van der Waals surface area contributed by atoms with Crippen molar-refractivity contribution in [2.24, 2.45) is 0 Å². The largest absolute Gasteiger partial charge is 0.497 e. The van der Waals surface area contributed by atoms with Gasteiger partial charge in [-0.25, -0.2) is 15.0 Å². The zero-order valence-electron chi connectivity index (χ0n) is 30.1. The second kappa shape index (κ2) is 13.5. The Morgan fingerprint density at radius 3 is 1.98 bits per heavy atom. The minimum Gasteiger partial charge on any atom is -0.497 e. The molecule has 0 saturated carbocycles. The number of aliphatic hydroxyl groups is 1. The molecular formula is C39H45N5O6Si. The Balaban J connectivity index is 1.31. The highest BCUT2D eigenvalue weighted by Crippen LogP contribution is 2.45. The second-order valence-electron chi connectivity index (χ2n) is 14.4. The summed E-state index contributed by atoms with van der Waals surface area (Å²) in [6.45, 7) is 10.9. The lowest BCUT2D eigenvalue weighted by molar-refractivity contribution is -0.0940. The molecule has 1 N–H and O–H groups in total. The van der Waals surface area contributed by atoms with Gasteiger partial charge in [0.1, 0.15) is 41.7 Å². The monoisotopic (exact) mass is 707 g/mol. The van der Waals surface area contributed by atoms with Gasteiger partial charge in [-0.2, -0.15) is 0 Å². The fraction of sp³-hybridized carbons (Fsp3) is 0.359. The maximum atomic E-state index is 12.2. The molecule has 4 heterocycles. The van der Waals surface area contributed by atoms with Gasteiger partial charge in [0.2, 0.25) is 0 Å². The summed E-state index contributed by atoms with van der Waals surface area (Å²) in [5.74, 6) is 1.46. The summed E-state index contributed by atoms with van der Waals surface area (Å²) < 4.78 is 35.7. The SMILES string of the molecule is COc1ccc(C(OC[C@H]2O[C@@H](n3cnc4c3ncn3ccnc43)[C@H](O[Si](C)(C)C(C)(C)C)[C@@H]2O)(c2ccccc2)c2ccc(OC)cc2)cc1. The summed E-state index contributed by atoms with van der Waals surface area (Å²) in [5, 5.41) is 12.1. The third-order valence-corrected chi connectivity index (χ3v) is 14.9. The number of fused-ring (bicyclic) bond motifs is 3. The van der Waals surface area contributed by atoms with Gasteiger partial charge in [-0.15, -0.1) is 0 Å². The highest BCUT2D eigenvalue weighted by Gasteiger charge is 2.52. The van der Waals surface area contributed by atoms with Crippen molar-refractivity contribution in [1.29, 1.82) is 0 Å². The number of ether oxygens (including phenoxy) is 4. The molecule has 1 fully saturated rings. The second-order valence-corrected chi connectivity index (χ2v) is 19.2. The highest BCUT2D eigenvalue weighted by atomic mass is 28.4. The Labute approximate surface area is 298 Å². The number of benzene rings is 3. The van der Waals surface area contributed by atoms with Crippen LogP contribution in [0.3, 0.4) is 0 Å². The standard InChI is InChI=1S/C39H45N5O6Si/c1-38(2,3)51(6,7)50-34-33(45)31(49-37(34)44-25-41-32-35-40-21-22-43(35)24-42-36(32)44)23-48-39(26-11-9-8-10-12-26,27-13-17-29(46-4)18-14-27)28-15-19-30(47-5)20-16-28/h8-22,24-25,31,33-34,37,45H,23H2,1-7H3/t31-,33-,34-,37-/m1/s1. The van der Waals surface area contributed by atoms with Crippen LogP contribution in [-0.4, -0.2) is 76.5 Å². The minimum absolute atomic E-state index is 0.0343. The lowest BCUT2D eigenvalue weighted by atomic mass is 9.80. The number of methoxy groups -OCH3 is 2. The maximum Gasteiger partial charge on any atom is 0.192 e. The molecule has 11 nitrogen and oxygen atoms in total. The predicted octanol–water partition coefficient (Wildman–Crippen LogP) is 6.75. The van der Waals surface area contributed by atoms with Crippen molar-refractivity contribution in [2.75, 3.05) is 20.8 Å². The number of nitrogens with zero attached hydrogens (tertiary/aromatic N) is 5. The van der Waals surface area contributed by atoms with E-state index in [1.807, 2.05) is 94.0 Å². The molecule has 266 valence electrons. The quantitative estimate of drug-likeness (QED) is 0.115. The summed E-state index contributed by atoms with van der Waals surface area (Å²) >= 11 is 0. The topological polar surface area (TPSA) is 114 Å². The van der Waals surface area contributed by atoms with E-state index in [-0.39, 0.29) is 11.6 Å². The molecule has 7 rings (SSSR count). The van der Waals surface area contributed by atoms with Crippen LogP contribution in [0.15, 0.2) is 104 Å². The van der Waals surface area contributed by atoms with Crippen molar-refractivity contribution in [3.05, 3.63) is 121 Å². The number of imidazole rings is 2. The lowest BCUT2D eigenvalue weighted by Gasteiger charge is -2.40. The molecule has 0 radical (unpaired) electrons. The molecule has 0 bridgehead atoms. The Bertz CT molecular complexity index is 2050. The van der Waals surface area contributed by atoms with E-state index >= 15 is 0 Å². The highest BCUT2D eigenvalue weighted by molar-refractivity contribution is 6.74. The zero-order valence-corrected chi connectivity index (χ0v) is 31.1. The Hall–Kier alpha value is -4.59. The van der Waals surface area contributed by atoms with Crippen LogP contribution in [0.2, 0.25) is 18.1 Å². The van der Waals surface area contributed by atoms with Crippen molar-refractivity contribution in [3.8, 4) is 11.5 Å². The molecule has 0 amide bonds. The van der Waals surface area contributed by atoms with Gasteiger partial charge < -0.3 is 28.5 Å². The van der Waals surface area contributed by atoms with Gasteiger partial charge in [0.05, 0.1) is 27.2 Å². The third-order valence-electron chi connectivity index (χ3n) is 10.4. The van der Waals surface area contributed by atoms with Crippen molar-refractivity contribution in [2.45, 2.75) is 69.0 Å². The number of hydrogen-bond acceptors (Lipinski definition) is 9. The smallest absolute Gasteiger partial charge is 0.192 e. The van der Waals surface area contributed by atoms with E-state index in [0.717, 1.165) is 28.2 Å². The first-order valence-corrected chi connectivity index (χ1v) is 20.0. The number of aromatic nitrogens is 5. The van der Waals surface area contributed by atoms with Crippen LogP contribution in [0.25, 0.3) is 16.8 Å². The van der Waals surface area contributed by atoms with E-state index in [1.54, 1.807) is 33.1 Å². The van der Waals surface area contributed by atoms with Gasteiger partial charge >= 0.3 is 0 Å². The van der Waals surface area contributed by atoms with Crippen LogP contribution in [0.1, 0.15) is 43.7 Å². The molecule has 4 atom stereocenters. The Kier molecular flexibility index (Phi) is 9.23. The van der Waals surface area contributed by atoms with E-state index in [4.69, 9.17) is 28.4 Å². The summed E-state index contributed by atoms with van der Waals surface area (Å²) in [6, 6.07) is 25.8. The molecule has 6 aromatic rings. The van der Waals surface area contributed by atoms with Gasteiger partial charge in [0.25, 0.3) is 0 Å². The molecule has 0 aliphatic carbocycles. The van der Waals surface area contributed by atoms with E-state index < -0.39 is 38.5 Å². The molecule has 1 aliphatic rings. The zero-order chi connectivity index (χ0) is 36.0. The summed E-state index contributed by atoms with van der Waals surface area (Å²) in [4.78, 5) is 13.9. The normalized spacial score (nSPS) is 19.9. The van der Waals surface area contributed by atoms with E-state index in [2.05, 4.69) is 43.8 Å². The van der Waals surface area contributed by atoms with Gasteiger partial charge in [-0.3, -0.25) is 8.97 Å². The Morgan fingerprint density at radius 1 is 0.784 bits per heavy atom. The number of aliphatic hydroxyl groups excluding tert-OH is 1. The van der Waals surface area contributed by atoms with Crippen molar-refractivity contribution >= 4 is 25.1 Å². The summed E-state index contributed by atoms with van der Waals surface area (Å²) in [7, 11) is 0.886. The maximum absolute atomic E-state index is 12.2. The van der Waals surface area contributed by atoms with Crippen molar-refractivity contribution in [1.82, 2.24) is 23.9 Å². The number of hydrogen-bond donors (Lipinski definition) is 1. The molecule has 3 aromatic carbocycles. The average Bonchev–Trinajstić information content (AvgIpc) is 3.86. The predicted molar refractivity (Wildman–Crippen MR) is 197 cm³/mol. The van der Waals surface area contributed by atoms with Gasteiger partial charge in [0.15, 0.2) is 31.4 Å².